The van der Waals surface area contributed by atoms with Crippen molar-refractivity contribution >= 4 is 36.4 Å². The number of aliphatic carboxylic acids is 1. The van der Waals surface area contributed by atoms with E-state index < -0.39 is 43.6 Å². The Morgan fingerprint density at radius 2 is 1.88 bits per heavy atom. The highest BCUT2D eigenvalue weighted by Gasteiger charge is 2.40. The number of nitrogens with zero attached hydrogens (tertiary/aromatic N) is 4. The zero-order valence-corrected chi connectivity index (χ0v) is 21.1. The Hall–Kier alpha value is -2.60. The molecule has 0 aliphatic rings. The minimum Gasteiger partial charge on any atom is -0.481 e. The molecule has 0 amide bonds. The molecule has 14 heteroatoms. The molecule has 0 bridgehead atoms. The second-order valence-corrected chi connectivity index (χ2v) is 10.9. The second-order valence-electron chi connectivity index (χ2n) is 8.81. The van der Waals surface area contributed by atoms with Gasteiger partial charge in [-0.15, -0.1) is 0 Å². The summed E-state index contributed by atoms with van der Waals surface area (Å²) in [6, 6.07) is 0. The molecule has 0 saturated carbocycles. The van der Waals surface area contributed by atoms with Crippen molar-refractivity contribution in [3.8, 4) is 0 Å². The van der Waals surface area contributed by atoms with Crippen molar-refractivity contribution in [1.82, 2.24) is 24.6 Å². The number of nitrogens with one attached hydrogen (secondary N) is 1. The summed E-state index contributed by atoms with van der Waals surface area (Å²) in [6.07, 6.45) is 0.329. The summed E-state index contributed by atoms with van der Waals surface area (Å²) >= 11 is 0. The van der Waals surface area contributed by atoms with Gasteiger partial charge >= 0.3 is 11.9 Å². The number of carboxylic acid groups (broad SMARTS) is 1. The van der Waals surface area contributed by atoms with Crippen LogP contribution in [0.5, 0.6) is 0 Å². The van der Waals surface area contributed by atoms with E-state index in [1.165, 1.54) is 27.1 Å². The zero-order chi connectivity index (χ0) is 25.7. The third-order valence-electron chi connectivity index (χ3n) is 4.53. The lowest BCUT2D eigenvalue weighted by Gasteiger charge is -2.32. The van der Waals surface area contributed by atoms with Gasteiger partial charge in [-0.25, -0.2) is 20.0 Å². The van der Waals surface area contributed by atoms with E-state index in [1.54, 1.807) is 31.7 Å². The number of carbonyl (C=O) groups is 2. The first-order valence-corrected chi connectivity index (χ1v) is 12.6. The monoisotopic (exact) mass is 500 g/mol. The van der Waals surface area contributed by atoms with Gasteiger partial charge in [0.15, 0.2) is 11.5 Å². The van der Waals surface area contributed by atoms with Gasteiger partial charge in [-0.05, 0) is 41.5 Å². The van der Waals surface area contributed by atoms with E-state index in [0.717, 1.165) is 0 Å². The van der Waals surface area contributed by atoms with Crippen molar-refractivity contribution in [3.05, 3.63) is 12.7 Å². The molecule has 3 atom stereocenters. The Labute approximate surface area is 197 Å². The second kappa shape index (κ2) is 11.2. The van der Waals surface area contributed by atoms with Crippen LogP contribution in [0.15, 0.2) is 12.7 Å². The highest BCUT2D eigenvalue weighted by atomic mass is 31.2. The normalized spacial score (nSPS) is 15.7. The molecular formula is C20H33N6O7P. The molecule has 0 fully saturated rings. The van der Waals surface area contributed by atoms with Crippen LogP contribution in [0, 0.1) is 0 Å². The SMILES string of the molecule is CC(C)OC(=O)C(C)(C)N[P@@](=O)(CO[C@H](C)Cn1cnc2c(N)ncnc21)O[C@@H](C)CC(=O)O. The molecule has 0 radical (unpaired) electrons. The molecule has 2 heterocycles. The number of hydrogen-bond donors (Lipinski definition) is 3. The predicted molar refractivity (Wildman–Crippen MR) is 124 cm³/mol. The summed E-state index contributed by atoms with van der Waals surface area (Å²) < 4.78 is 32.0. The van der Waals surface area contributed by atoms with Crippen molar-refractivity contribution in [2.24, 2.45) is 0 Å². The topological polar surface area (TPSA) is 181 Å². The smallest absolute Gasteiger partial charge is 0.326 e. The average molecular weight is 500 g/mol. The van der Waals surface area contributed by atoms with Gasteiger partial charge in [0.25, 0.3) is 7.52 Å². The van der Waals surface area contributed by atoms with E-state index in [-0.39, 0.29) is 18.3 Å². The maximum atomic E-state index is 13.7. The molecule has 0 aliphatic carbocycles. The molecule has 4 N–H and O–H groups in total. The number of hydrogen-bond acceptors (Lipinski definition) is 10. The van der Waals surface area contributed by atoms with Crippen molar-refractivity contribution in [2.75, 3.05) is 12.1 Å². The fraction of sp³-hybridized carbons (Fsp3) is 0.650. The molecule has 13 nitrogen and oxygen atoms in total. The van der Waals surface area contributed by atoms with Crippen LogP contribution in [0.3, 0.4) is 0 Å². The van der Waals surface area contributed by atoms with Crippen LogP contribution in [-0.2, 0) is 34.7 Å². The highest BCUT2D eigenvalue weighted by Crippen LogP contribution is 2.46. The van der Waals surface area contributed by atoms with Crippen molar-refractivity contribution < 1.29 is 33.3 Å². The number of fused-ring (bicyclic) bond motifs is 1. The number of rotatable bonds is 13. The summed E-state index contributed by atoms with van der Waals surface area (Å²) in [7, 11) is -3.86. The van der Waals surface area contributed by atoms with Gasteiger partial charge in [0.1, 0.15) is 23.7 Å². The van der Waals surface area contributed by atoms with Gasteiger partial charge in [-0.2, -0.15) is 0 Å². The van der Waals surface area contributed by atoms with Crippen LogP contribution in [-0.4, -0.2) is 66.8 Å². The standard InChI is InChI=1S/C20H33N6O7P/c1-12(2)32-19(29)20(5,6)25-34(30,33-13(3)7-15(27)28)11-31-14(4)8-26-10-24-16-17(21)22-9-23-18(16)26/h9-10,12-14H,7-8,11H2,1-6H3,(H,25,30)(H,27,28)(H2,21,22,23)/t13-,14+,34+/m0/s1. The molecule has 0 unspecified atom stereocenters. The molecule has 0 saturated heterocycles. The van der Waals surface area contributed by atoms with Crippen LogP contribution >= 0.6 is 7.52 Å². The van der Waals surface area contributed by atoms with E-state index in [0.29, 0.717) is 17.7 Å². The number of anilines is 1. The van der Waals surface area contributed by atoms with Crippen LogP contribution in [0.4, 0.5) is 5.82 Å². The Kier molecular flexibility index (Phi) is 9.12. The van der Waals surface area contributed by atoms with E-state index in [9.17, 15) is 14.2 Å². The van der Waals surface area contributed by atoms with E-state index in [2.05, 4.69) is 20.0 Å². The summed E-state index contributed by atoms with van der Waals surface area (Å²) in [5.41, 5.74) is 5.40. The number of aromatic nitrogens is 4. The first-order chi connectivity index (χ1) is 15.7. The van der Waals surface area contributed by atoms with Crippen molar-refractivity contribution in [3.63, 3.8) is 0 Å². The third-order valence-corrected chi connectivity index (χ3v) is 6.62. The third kappa shape index (κ3) is 7.73. The van der Waals surface area contributed by atoms with Crippen LogP contribution in [0.1, 0.15) is 48.0 Å². The largest absolute Gasteiger partial charge is 0.481 e. The van der Waals surface area contributed by atoms with Crippen molar-refractivity contribution in [2.45, 2.75) is 78.4 Å². The summed E-state index contributed by atoms with van der Waals surface area (Å²) in [4.78, 5) is 35.8. The average Bonchev–Trinajstić information content (AvgIpc) is 3.09. The summed E-state index contributed by atoms with van der Waals surface area (Å²) in [5.74, 6) is -1.49. The van der Waals surface area contributed by atoms with Crippen LogP contribution in [0.25, 0.3) is 11.2 Å². The Bertz CT molecular complexity index is 1060. The quantitative estimate of drug-likeness (QED) is 0.270. The van der Waals surface area contributed by atoms with Gasteiger partial charge in [0.2, 0.25) is 0 Å². The minimum atomic E-state index is -3.86. The number of imidazole rings is 1. The van der Waals surface area contributed by atoms with Crippen LogP contribution in [0.2, 0.25) is 0 Å². The lowest BCUT2D eigenvalue weighted by atomic mass is 10.1. The lowest BCUT2D eigenvalue weighted by Crippen LogP contribution is -2.48. The Morgan fingerprint density at radius 1 is 1.21 bits per heavy atom. The maximum Gasteiger partial charge on any atom is 0.326 e. The van der Waals surface area contributed by atoms with Gasteiger partial charge in [0, 0.05) is 0 Å². The number of esters is 1. The molecule has 2 rings (SSSR count). The number of carbonyl (C=O) groups excluding carboxylic acids is 1. The van der Waals surface area contributed by atoms with Crippen LogP contribution < -0.4 is 10.8 Å². The predicted octanol–water partition coefficient (Wildman–Crippen LogP) is 2.16. The summed E-state index contributed by atoms with van der Waals surface area (Å²) in [6.45, 7) is 9.93. The van der Waals surface area contributed by atoms with E-state index in [4.69, 9.17) is 24.8 Å². The summed E-state index contributed by atoms with van der Waals surface area (Å²) in [5, 5.41) is 11.8. The molecule has 0 aliphatic heterocycles. The minimum absolute atomic E-state index is 0.252. The fourth-order valence-electron chi connectivity index (χ4n) is 3.08. The van der Waals surface area contributed by atoms with Gasteiger partial charge in [-0.1, -0.05) is 0 Å². The first kappa shape index (κ1) is 27.6. The van der Waals surface area contributed by atoms with Gasteiger partial charge in [-0.3, -0.25) is 14.2 Å². The Balaban J connectivity index is 2.14. The number of nitrogens with two attached hydrogens (primary N) is 1. The Morgan fingerprint density at radius 3 is 2.50 bits per heavy atom. The molecule has 34 heavy (non-hydrogen) atoms. The number of nitrogen functional groups attached to an aromatic ring is 1. The van der Waals surface area contributed by atoms with Gasteiger partial charge < -0.3 is 29.4 Å². The number of ether oxygens (including phenoxy) is 2. The van der Waals surface area contributed by atoms with E-state index >= 15 is 0 Å². The fourth-order valence-corrected chi connectivity index (χ4v) is 5.31. The molecule has 0 aromatic carbocycles. The molecule has 0 spiro atoms. The molecule has 190 valence electrons. The molecule has 2 aromatic heterocycles. The zero-order valence-electron chi connectivity index (χ0n) is 20.2. The van der Waals surface area contributed by atoms with Crippen molar-refractivity contribution in [1.29, 1.82) is 0 Å². The molecule has 2 aromatic rings. The maximum absolute atomic E-state index is 13.7. The molecular weight excluding hydrogens is 467 g/mol. The lowest BCUT2D eigenvalue weighted by molar-refractivity contribution is -0.153. The van der Waals surface area contributed by atoms with Gasteiger partial charge in [0.05, 0.1) is 37.6 Å². The number of carboxylic acids is 1. The van der Waals surface area contributed by atoms with E-state index in [1.807, 2.05) is 0 Å². The first-order valence-electron chi connectivity index (χ1n) is 10.7. The highest BCUT2D eigenvalue weighted by molar-refractivity contribution is 7.56.